The number of hydrogen-bond donors (Lipinski definition) is 1. The van der Waals surface area contributed by atoms with Crippen LogP contribution in [0, 0.1) is 5.92 Å². The lowest BCUT2D eigenvalue weighted by Crippen LogP contribution is -2.39. The third-order valence-electron chi connectivity index (χ3n) is 3.50. The van der Waals surface area contributed by atoms with E-state index >= 15 is 0 Å². The molecule has 0 saturated carbocycles. The van der Waals surface area contributed by atoms with Crippen LogP contribution in [0.25, 0.3) is 0 Å². The maximum Gasteiger partial charge on any atom is 0.00219 e. The minimum atomic E-state index is 0. The average Bonchev–Trinajstić information content (AvgIpc) is 2.38. The topological polar surface area (TPSA) is 29.3 Å². The Morgan fingerprint density at radius 3 is 2.56 bits per heavy atom. The fourth-order valence-electron chi connectivity index (χ4n) is 2.48. The Morgan fingerprint density at radius 1 is 1.17 bits per heavy atom. The quantitative estimate of drug-likeness (QED) is 0.924. The first-order valence-corrected chi connectivity index (χ1v) is 6.35. The van der Waals surface area contributed by atoms with E-state index in [0.717, 1.165) is 18.9 Å². The van der Waals surface area contributed by atoms with Gasteiger partial charge in [0.2, 0.25) is 0 Å². The van der Waals surface area contributed by atoms with Crippen molar-refractivity contribution in [1.82, 2.24) is 4.90 Å². The molecule has 0 amide bonds. The lowest BCUT2D eigenvalue weighted by molar-refractivity contribution is 0.180. The number of nitrogens with two attached hydrogens (primary N) is 1. The smallest absolute Gasteiger partial charge is 0.00219 e. The number of likely N-dealkylation sites (tertiary alicyclic amines) is 1. The Bertz CT molecular complexity index is 306. The van der Waals surface area contributed by atoms with Gasteiger partial charge >= 0.3 is 0 Å². The first-order valence-electron chi connectivity index (χ1n) is 6.35. The van der Waals surface area contributed by atoms with Crippen LogP contribution in [0.15, 0.2) is 30.3 Å². The SMILES string of the molecule is Cl.Cl.NCC1CCCN(CCc2ccccc2)C1. The molecular formula is C14H24Cl2N2. The van der Waals surface area contributed by atoms with Gasteiger partial charge in [-0.05, 0) is 43.8 Å². The largest absolute Gasteiger partial charge is 0.330 e. The Balaban J connectivity index is 0.00000144. The third kappa shape index (κ3) is 5.57. The standard InChI is InChI=1S/C14H22N2.2ClH/c15-11-14-7-4-9-16(12-14)10-8-13-5-2-1-3-6-13;;/h1-3,5-6,14H,4,7-12,15H2;2*1H. The summed E-state index contributed by atoms with van der Waals surface area (Å²) in [7, 11) is 0. The van der Waals surface area contributed by atoms with Crippen LogP contribution in [0.1, 0.15) is 18.4 Å². The molecule has 1 unspecified atom stereocenters. The van der Waals surface area contributed by atoms with E-state index in [1.54, 1.807) is 0 Å². The predicted molar refractivity (Wildman–Crippen MR) is 82.9 cm³/mol. The molecule has 0 bridgehead atoms. The monoisotopic (exact) mass is 290 g/mol. The summed E-state index contributed by atoms with van der Waals surface area (Å²) in [4.78, 5) is 2.56. The lowest BCUT2D eigenvalue weighted by Gasteiger charge is -2.32. The molecule has 0 radical (unpaired) electrons. The van der Waals surface area contributed by atoms with E-state index in [4.69, 9.17) is 5.73 Å². The fraction of sp³-hybridized carbons (Fsp3) is 0.571. The van der Waals surface area contributed by atoms with E-state index in [0.29, 0.717) is 0 Å². The summed E-state index contributed by atoms with van der Waals surface area (Å²) in [5.74, 6) is 0.726. The number of rotatable bonds is 4. The van der Waals surface area contributed by atoms with Gasteiger partial charge in [-0.1, -0.05) is 30.3 Å². The molecule has 1 aromatic carbocycles. The highest BCUT2D eigenvalue weighted by molar-refractivity contribution is 5.85. The molecule has 4 heteroatoms. The molecule has 2 rings (SSSR count). The Hall–Kier alpha value is -0.280. The van der Waals surface area contributed by atoms with E-state index < -0.39 is 0 Å². The Kier molecular flexibility index (Phi) is 9.47. The molecule has 0 aliphatic carbocycles. The van der Waals surface area contributed by atoms with Crippen LogP contribution in [0.2, 0.25) is 0 Å². The molecule has 1 fully saturated rings. The highest BCUT2D eigenvalue weighted by Crippen LogP contribution is 2.15. The molecule has 2 N–H and O–H groups in total. The number of benzene rings is 1. The van der Waals surface area contributed by atoms with Crippen molar-refractivity contribution in [2.75, 3.05) is 26.2 Å². The summed E-state index contributed by atoms with van der Waals surface area (Å²) < 4.78 is 0. The highest BCUT2D eigenvalue weighted by atomic mass is 35.5. The summed E-state index contributed by atoms with van der Waals surface area (Å²) in [6.07, 6.45) is 3.80. The minimum absolute atomic E-state index is 0. The summed E-state index contributed by atoms with van der Waals surface area (Å²) in [5, 5.41) is 0. The van der Waals surface area contributed by atoms with Gasteiger partial charge in [-0.3, -0.25) is 0 Å². The normalized spacial score (nSPS) is 19.7. The van der Waals surface area contributed by atoms with Gasteiger partial charge in [-0.15, -0.1) is 24.8 Å². The lowest BCUT2D eigenvalue weighted by atomic mass is 9.98. The Morgan fingerprint density at radius 2 is 1.89 bits per heavy atom. The molecule has 1 aliphatic heterocycles. The van der Waals surface area contributed by atoms with E-state index in [1.807, 2.05) is 0 Å². The van der Waals surface area contributed by atoms with Gasteiger partial charge in [-0.25, -0.2) is 0 Å². The van der Waals surface area contributed by atoms with Gasteiger partial charge in [0.15, 0.2) is 0 Å². The summed E-state index contributed by atoms with van der Waals surface area (Å²) in [5.41, 5.74) is 7.19. The molecule has 1 atom stereocenters. The van der Waals surface area contributed by atoms with Gasteiger partial charge in [0.05, 0.1) is 0 Å². The van der Waals surface area contributed by atoms with E-state index in [1.165, 1.54) is 38.0 Å². The van der Waals surface area contributed by atoms with Crippen LogP contribution in [-0.2, 0) is 6.42 Å². The van der Waals surface area contributed by atoms with Gasteiger partial charge in [0, 0.05) is 13.1 Å². The molecule has 0 aromatic heterocycles. The molecule has 1 saturated heterocycles. The zero-order valence-electron chi connectivity index (χ0n) is 10.8. The van der Waals surface area contributed by atoms with Crippen molar-refractivity contribution in [3.8, 4) is 0 Å². The fourth-order valence-corrected chi connectivity index (χ4v) is 2.48. The Labute approximate surface area is 123 Å². The second-order valence-corrected chi connectivity index (χ2v) is 4.78. The molecule has 18 heavy (non-hydrogen) atoms. The van der Waals surface area contributed by atoms with Gasteiger partial charge < -0.3 is 10.6 Å². The van der Waals surface area contributed by atoms with Crippen molar-refractivity contribution < 1.29 is 0 Å². The van der Waals surface area contributed by atoms with Crippen LogP contribution < -0.4 is 5.73 Å². The van der Waals surface area contributed by atoms with Gasteiger partial charge in [-0.2, -0.15) is 0 Å². The molecule has 104 valence electrons. The van der Waals surface area contributed by atoms with Crippen LogP contribution in [0.3, 0.4) is 0 Å². The molecule has 1 aromatic rings. The predicted octanol–water partition coefficient (Wildman–Crippen LogP) is 2.74. The van der Waals surface area contributed by atoms with Crippen molar-refractivity contribution in [2.24, 2.45) is 11.7 Å². The van der Waals surface area contributed by atoms with E-state index in [-0.39, 0.29) is 24.8 Å². The summed E-state index contributed by atoms with van der Waals surface area (Å²) >= 11 is 0. The van der Waals surface area contributed by atoms with Crippen molar-refractivity contribution >= 4 is 24.8 Å². The van der Waals surface area contributed by atoms with Crippen LogP contribution in [-0.4, -0.2) is 31.1 Å². The van der Waals surface area contributed by atoms with Crippen molar-refractivity contribution in [3.63, 3.8) is 0 Å². The van der Waals surface area contributed by atoms with Crippen molar-refractivity contribution in [3.05, 3.63) is 35.9 Å². The molecule has 1 aliphatic rings. The van der Waals surface area contributed by atoms with Gasteiger partial charge in [0.1, 0.15) is 0 Å². The van der Waals surface area contributed by atoms with Crippen molar-refractivity contribution in [1.29, 1.82) is 0 Å². The average molecular weight is 291 g/mol. The number of piperidine rings is 1. The van der Waals surface area contributed by atoms with Crippen LogP contribution >= 0.6 is 24.8 Å². The molecule has 1 heterocycles. The summed E-state index contributed by atoms with van der Waals surface area (Å²) in [6, 6.07) is 10.7. The van der Waals surface area contributed by atoms with E-state index in [9.17, 15) is 0 Å². The maximum absolute atomic E-state index is 5.75. The van der Waals surface area contributed by atoms with Crippen LogP contribution in [0.4, 0.5) is 0 Å². The zero-order chi connectivity index (χ0) is 11.2. The highest BCUT2D eigenvalue weighted by Gasteiger charge is 2.17. The number of nitrogens with zero attached hydrogens (tertiary/aromatic N) is 1. The van der Waals surface area contributed by atoms with E-state index in [2.05, 4.69) is 35.2 Å². The van der Waals surface area contributed by atoms with Crippen LogP contribution in [0.5, 0.6) is 0 Å². The molecule has 2 nitrogen and oxygen atoms in total. The second kappa shape index (κ2) is 9.62. The second-order valence-electron chi connectivity index (χ2n) is 4.78. The molecule has 0 spiro atoms. The summed E-state index contributed by atoms with van der Waals surface area (Å²) in [6.45, 7) is 4.48. The maximum atomic E-state index is 5.75. The zero-order valence-corrected chi connectivity index (χ0v) is 12.4. The first-order chi connectivity index (χ1) is 7.88. The third-order valence-corrected chi connectivity index (χ3v) is 3.50. The van der Waals surface area contributed by atoms with Gasteiger partial charge in [0.25, 0.3) is 0 Å². The number of halogens is 2. The number of hydrogen-bond acceptors (Lipinski definition) is 2. The minimum Gasteiger partial charge on any atom is -0.330 e. The molecular weight excluding hydrogens is 267 g/mol. The van der Waals surface area contributed by atoms with Crippen molar-refractivity contribution in [2.45, 2.75) is 19.3 Å². The first kappa shape index (κ1) is 17.7.